The number of ether oxygens (including phenoxy) is 1. The Morgan fingerprint density at radius 1 is 1.44 bits per heavy atom. The smallest absolute Gasteiger partial charge is 0.311 e. The molecule has 0 radical (unpaired) electrons. The number of anilines is 1. The zero-order chi connectivity index (χ0) is 13.5. The van der Waals surface area contributed by atoms with E-state index in [-0.39, 0.29) is 11.9 Å². The van der Waals surface area contributed by atoms with Crippen molar-refractivity contribution in [2.45, 2.75) is 27.2 Å². The molecule has 0 saturated heterocycles. The fourth-order valence-corrected chi connectivity index (χ4v) is 2.55. The van der Waals surface area contributed by atoms with Crippen LogP contribution in [0.1, 0.15) is 26.3 Å². The standard InChI is InChI=1S/C12H16NO2P.C2H6/c1-2-15-12(14)10-7-9-5-3-4-6-11(9)13(16)8-10;1-2/h3-6,10H,2,7-8,16H2,1H3;1-2H3. The lowest BCUT2D eigenvalue weighted by molar-refractivity contribution is -0.147. The first-order valence-electron chi connectivity index (χ1n) is 6.49. The van der Waals surface area contributed by atoms with Crippen molar-refractivity contribution in [2.24, 2.45) is 5.92 Å². The van der Waals surface area contributed by atoms with Crippen molar-refractivity contribution in [3.8, 4) is 0 Å². The minimum Gasteiger partial charge on any atom is -0.466 e. The Hall–Kier alpha value is -1.08. The van der Waals surface area contributed by atoms with Crippen LogP contribution in [0, 0.1) is 5.92 Å². The molecule has 0 saturated carbocycles. The summed E-state index contributed by atoms with van der Waals surface area (Å²) in [6.07, 6.45) is 0.778. The van der Waals surface area contributed by atoms with Crippen molar-refractivity contribution in [3.05, 3.63) is 29.8 Å². The fourth-order valence-electron chi connectivity index (χ4n) is 2.05. The van der Waals surface area contributed by atoms with Crippen LogP contribution in [0.4, 0.5) is 5.69 Å². The molecular weight excluding hydrogens is 245 g/mol. The zero-order valence-corrected chi connectivity index (χ0v) is 12.5. The van der Waals surface area contributed by atoms with Gasteiger partial charge in [0.15, 0.2) is 0 Å². The van der Waals surface area contributed by atoms with Crippen LogP contribution in [0.3, 0.4) is 0 Å². The monoisotopic (exact) mass is 267 g/mol. The van der Waals surface area contributed by atoms with Gasteiger partial charge in [-0.1, -0.05) is 32.0 Å². The molecule has 0 spiro atoms. The molecule has 4 heteroatoms. The number of benzene rings is 1. The van der Waals surface area contributed by atoms with Crippen LogP contribution in [0.5, 0.6) is 0 Å². The van der Waals surface area contributed by atoms with Gasteiger partial charge >= 0.3 is 5.97 Å². The van der Waals surface area contributed by atoms with Crippen LogP contribution in [-0.2, 0) is 16.0 Å². The summed E-state index contributed by atoms with van der Waals surface area (Å²) in [6, 6.07) is 8.16. The summed E-state index contributed by atoms with van der Waals surface area (Å²) in [5.74, 6) is -0.142. The predicted octanol–water partition coefficient (Wildman–Crippen LogP) is 3.04. The van der Waals surface area contributed by atoms with E-state index in [0.717, 1.165) is 6.42 Å². The zero-order valence-electron chi connectivity index (χ0n) is 11.3. The maximum Gasteiger partial charge on any atom is 0.311 e. The van der Waals surface area contributed by atoms with Crippen LogP contribution in [0.25, 0.3) is 0 Å². The third-order valence-corrected chi connectivity index (χ3v) is 3.29. The maximum absolute atomic E-state index is 11.7. The van der Waals surface area contributed by atoms with E-state index >= 15 is 0 Å². The normalized spacial score (nSPS) is 17.3. The molecule has 3 nitrogen and oxygen atoms in total. The molecule has 0 N–H and O–H groups in total. The Morgan fingerprint density at radius 2 is 2.11 bits per heavy atom. The third-order valence-electron chi connectivity index (χ3n) is 2.80. The van der Waals surface area contributed by atoms with Crippen LogP contribution >= 0.6 is 9.39 Å². The molecule has 1 heterocycles. The average Bonchev–Trinajstić information content (AvgIpc) is 2.41. The van der Waals surface area contributed by atoms with E-state index in [9.17, 15) is 4.79 Å². The number of hydrogen-bond donors (Lipinski definition) is 0. The molecule has 0 amide bonds. The van der Waals surface area contributed by atoms with E-state index in [0.29, 0.717) is 13.2 Å². The first-order valence-corrected chi connectivity index (χ1v) is 7.00. The molecule has 2 unspecified atom stereocenters. The quantitative estimate of drug-likeness (QED) is 0.609. The highest BCUT2D eigenvalue weighted by Crippen LogP contribution is 2.32. The van der Waals surface area contributed by atoms with Crippen molar-refractivity contribution < 1.29 is 9.53 Å². The highest BCUT2D eigenvalue weighted by Gasteiger charge is 2.28. The molecular formula is C14H22NO2P. The molecule has 1 aromatic carbocycles. The van der Waals surface area contributed by atoms with E-state index in [1.807, 2.05) is 37.6 Å². The van der Waals surface area contributed by atoms with E-state index in [2.05, 4.69) is 21.5 Å². The second-order valence-corrected chi connectivity index (χ2v) is 4.56. The molecule has 0 aliphatic carbocycles. The molecule has 1 aliphatic heterocycles. The summed E-state index contributed by atoms with van der Waals surface area (Å²) < 4.78 is 7.11. The number of rotatable bonds is 2. The Kier molecular flexibility index (Phi) is 6.14. The van der Waals surface area contributed by atoms with Gasteiger partial charge in [0.1, 0.15) is 0 Å². The molecule has 18 heavy (non-hydrogen) atoms. The van der Waals surface area contributed by atoms with Crippen molar-refractivity contribution >= 4 is 21.0 Å². The minimum atomic E-state index is -0.0931. The van der Waals surface area contributed by atoms with Gasteiger partial charge in [0.05, 0.1) is 12.5 Å². The SMILES string of the molecule is CC.CCOC(=O)C1Cc2ccccc2N(P)C1. The maximum atomic E-state index is 11.7. The Morgan fingerprint density at radius 3 is 2.78 bits per heavy atom. The summed E-state index contributed by atoms with van der Waals surface area (Å²) in [5.41, 5.74) is 2.40. The summed E-state index contributed by atoms with van der Waals surface area (Å²) in [5, 5.41) is 0. The summed E-state index contributed by atoms with van der Waals surface area (Å²) >= 11 is 0. The second kappa shape index (κ2) is 7.38. The number of para-hydroxylation sites is 1. The summed E-state index contributed by atoms with van der Waals surface area (Å²) in [4.78, 5) is 11.7. The van der Waals surface area contributed by atoms with Gasteiger partial charge in [0.25, 0.3) is 0 Å². The topological polar surface area (TPSA) is 29.5 Å². The first kappa shape index (κ1) is 15.0. The predicted molar refractivity (Wildman–Crippen MR) is 78.7 cm³/mol. The molecule has 2 rings (SSSR count). The molecule has 2 atom stereocenters. The van der Waals surface area contributed by atoms with Gasteiger partial charge in [-0.05, 0) is 34.4 Å². The second-order valence-electron chi connectivity index (χ2n) is 3.93. The van der Waals surface area contributed by atoms with Crippen LogP contribution in [0.15, 0.2) is 24.3 Å². The number of nitrogens with zero attached hydrogens (tertiary/aromatic N) is 1. The Balaban J connectivity index is 0.000000771. The van der Waals surface area contributed by atoms with Gasteiger partial charge in [-0.15, -0.1) is 0 Å². The number of fused-ring (bicyclic) bond motifs is 1. The number of carbonyl (C=O) groups excluding carboxylic acids is 1. The number of carbonyl (C=O) groups is 1. The van der Waals surface area contributed by atoms with Gasteiger partial charge in [-0.2, -0.15) is 0 Å². The first-order chi connectivity index (χ1) is 8.72. The van der Waals surface area contributed by atoms with Gasteiger partial charge < -0.3 is 9.41 Å². The van der Waals surface area contributed by atoms with Crippen molar-refractivity contribution in [3.63, 3.8) is 0 Å². The van der Waals surface area contributed by atoms with Gasteiger partial charge in [0.2, 0.25) is 0 Å². The van der Waals surface area contributed by atoms with E-state index in [1.54, 1.807) is 0 Å². The van der Waals surface area contributed by atoms with E-state index in [4.69, 9.17) is 4.74 Å². The molecule has 1 aromatic rings. The van der Waals surface area contributed by atoms with Gasteiger partial charge in [-0.3, -0.25) is 4.79 Å². The highest BCUT2D eigenvalue weighted by molar-refractivity contribution is 7.19. The lowest BCUT2D eigenvalue weighted by atomic mass is 9.94. The lowest BCUT2D eigenvalue weighted by Gasteiger charge is -2.31. The molecule has 0 bridgehead atoms. The highest BCUT2D eigenvalue weighted by atomic mass is 31.0. The molecule has 100 valence electrons. The Bertz CT molecular complexity index is 395. The molecule has 0 aromatic heterocycles. The van der Waals surface area contributed by atoms with Crippen LogP contribution in [-0.4, -0.2) is 19.1 Å². The molecule has 1 aliphatic rings. The van der Waals surface area contributed by atoms with Gasteiger partial charge in [-0.25, -0.2) is 0 Å². The van der Waals surface area contributed by atoms with Crippen LogP contribution in [0.2, 0.25) is 0 Å². The minimum absolute atomic E-state index is 0.0488. The van der Waals surface area contributed by atoms with Crippen molar-refractivity contribution in [2.75, 3.05) is 17.8 Å². The molecule has 0 fully saturated rings. The lowest BCUT2D eigenvalue weighted by Crippen LogP contribution is -2.34. The fraction of sp³-hybridized carbons (Fsp3) is 0.500. The van der Waals surface area contributed by atoms with Crippen molar-refractivity contribution in [1.29, 1.82) is 0 Å². The van der Waals surface area contributed by atoms with Crippen molar-refractivity contribution in [1.82, 2.24) is 0 Å². The number of esters is 1. The van der Waals surface area contributed by atoms with E-state index in [1.165, 1.54) is 11.3 Å². The average molecular weight is 267 g/mol. The van der Waals surface area contributed by atoms with Gasteiger partial charge in [0, 0.05) is 12.2 Å². The Labute approximate surface area is 112 Å². The number of hydrogen-bond acceptors (Lipinski definition) is 3. The van der Waals surface area contributed by atoms with Crippen LogP contribution < -0.4 is 4.67 Å². The largest absolute Gasteiger partial charge is 0.466 e. The summed E-state index contributed by atoms with van der Waals surface area (Å²) in [7, 11) is 2.66. The van der Waals surface area contributed by atoms with E-state index < -0.39 is 0 Å². The third kappa shape index (κ3) is 3.46. The summed E-state index contributed by atoms with van der Waals surface area (Å²) in [6.45, 7) is 7.00.